The van der Waals surface area contributed by atoms with E-state index in [1.54, 1.807) is 24.7 Å². The molecule has 0 amide bonds. The zero-order chi connectivity index (χ0) is 27.1. The van der Waals surface area contributed by atoms with Crippen LogP contribution in [0.3, 0.4) is 0 Å². The van der Waals surface area contributed by atoms with Crippen LogP contribution in [0, 0.1) is 5.82 Å². The average molecular weight is 536 g/mol. The number of halogens is 1. The average Bonchev–Trinajstić information content (AvgIpc) is 3.61. The first-order valence-electron chi connectivity index (χ1n) is 13.2. The number of piperidine rings is 1. The molecule has 1 aliphatic rings. The Hall–Kier alpha value is -4.83. The van der Waals surface area contributed by atoms with Gasteiger partial charge in [-0.15, -0.1) is 0 Å². The van der Waals surface area contributed by atoms with Crippen molar-refractivity contribution in [2.24, 2.45) is 0 Å². The summed E-state index contributed by atoms with van der Waals surface area (Å²) in [7, 11) is 1.52. The van der Waals surface area contributed by atoms with E-state index >= 15 is 0 Å². The normalized spacial score (nSPS) is 14.2. The number of methoxy groups -OCH3 is 1. The van der Waals surface area contributed by atoms with Gasteiger partial charge in [-0.2, -0.15) is 5.10 Å². The highest BCUT2D eigenvalue weighted by Gasteiger charge is 2.18. The van der Waals surface area contributed by atoms with Crippen LogP contribution >= 0.6 is 0 Å². The summed E-state index contributed by atoms with van der Waals surface area (Å²) >= 11 is 0. The monoisotopic (exact) mass is 535 g/mol. The van der Waals surface area contributed by atoms with Gasteiger partial charge < -0.3 is 19.8 Å². The van der Waals surface area contributed by atoms with Gasteiger partial charge in [0.05, 0.1) is 30.2 Å². The Labute approximate surface area is 228 Å². The highest BCUT2D eigenvalue weighted by atomic mass is 19.1. The first kappa shape index (κ1) is 24.2. The third-order valence-electron chi connectivity index (χ3n) is 7.21. The fourth-order valence-corrected chi connectivity index (χ4v) is 5.22. The number of nitrogens with zero attached hydrogens (tertiary/aromatic N) is 4. The number of H-pyrrole nitrogens is 2. The molecular weight excluding hydrogens is 509 g/mol. The van der Waals surface area contributed by atoms with E-state index in [9.17, 15) is 4.39 Å². The van der Waals surface area contributed by atoms with E-state index in [1.807, 2.05) is 30.3 Å². The number of aromatic amines is 2. The van der Waals surface area contributed by atoms with Gasteiger partial charge in [0.1, 0.15) is 40.3 Å². The Morgan fingerprint density at radius 1 is 0.950 bits per heavy atom. The van der Waals surface area contributed by atoms with E-state index in [4.69, 9.17) is 14.5 Å². The fourth-order valence-electron chi connectivity index (χ4n) is 5.22. The van der Waals surface area contributed by atoms with Crippen LogP contribution in [0.25, 0.3) is 55.8 Å². The minimum Gasteiger partial charge on any atom is -0.497 e. The van der Waals surface area contributed by atoms with Crippen LogP contribution in [0.15, 0.2) is 67.1 Å². The molecule has 0 bridgehead atoms. The van der Waals surface area contributed by atoms with Crippen molar-refractivity contribution in [3.63, 3.8) is 0 Å². The summed E-state index contributed by atoms with van der Waals surface area (Å²) in [5.41, 5.74) is 6.73. The Balaban J connectivity index is 1.26. The molecule has 1 aromatic carbocycles. The lowest BCUT2D eigenvalue weighted by Crippen LogP contribution is -2.34. The molecule has 1 fully saturated rings. The summed E-state index contributed by atoms with van der Waals surface area (Å²) in [6.07, 6.45) is 7.36. The lowest BCUT2D eigenvalue weighted by atomic mass is 10.0. The molecule has 0 saturated carbocycles. The molecule has 10 heteroatoms. The second kappa shape index (κ2) is 10.0. The minimum atomic E-state index is -0.371. The third kappa shape index (κ3) is 4.52. The number of ether oxygens (including phenoxy) is 2. The van der Waals surface area contributed by atoms with E-state index in [2.05, 4.69) is 30.5 Å². The number of aromatic nitrogens is 6. The molecule has 0 aliphatic carbocycles. The quantitative estimate of drug-likeness (QED) is 0.258. The van der Waals surface area contributed by atoms with Gasteiger partial charge in [-0.3, -0.25) is 10.1 Å². The van der Waals surface area contributed by atoms with Gasteiger partial charge in [0.15, 0.2) is 0 Å². The summed E-state index contributed by atoms with van der Waals surface area (Å²) in [6.45, 7) is 1.92. The first-order valence-corrected chi connectivity index (χ1v) is 13.2. The predicted molar refractivity (Wildman–Crippen MR) is 151 cm³/mol. The molecule has 3 N–H and O–H groups in total. The largest absolute Gasteiger partial charge is 0.497 e. The van der Waals surface area contributed by atoms with Crippen LogP contribution in [0.5, 0.6) is 11.5 Å². The van der Waals surface area contributed by atoms with Crippen LogP contribution < -0.4 is 14.8 Å². The van der Waals surface area contributed by atoms with Crippen molar-refractivity contribution in [1.29, 1.82) is 0 Å². The minimum absolute atomic E-state index is 0.184. The number of hydrogen-bond acceptors (Lipinski definition) is 7. The number of fused-ring (bicyclic) bond motifs is 2. The van der Waals surface area contributed by atoms with Gasteiger partial charge in [-0.1, -0.05) is 0 Å². The first-order chi connectivity index (χ1) is 19.6. The van der Waals surface area contributed by atoms with Crippen LogP contribution in [-0.4, -0.2) is 56.4 Å². The zero-order valence-electron chi connectivity index (χ0n) is 21.7. The topological polar surface area (TPSA) is 114 Å². The van der Waals surface area contributed by atoms with E-state index in [-0.39, 0.29) is 11.9 Å². The van der Waals surface area contributed by atoms with Gasteiger partial charge >= 0.3 is 0 Å². The second-order valence-electron chi connectivity index (χ2n) is 9.82. The highest BCUT2D eigenvalue weighted by molar-refractivity contribution is 5.99. The van der Waals surface area contributed by atoms with E-state index in [0.29, 0.717) is 28.2 Å². The summed E-state index contributed by atoms with van der Waals surface area (Å²) < 4.78 is 25.8. The summed E-state index contributed by atoms with van der Waals surface area (Å²) in [4.78, 5) is 17.2. The van der Waals surface area contributed by atoms with Crippen LogP contribution in [-0.2, 0) is 0 Å². The number of rotatable bonds is 6. The number of benzene rings is 1. The smallest absolute Gasteiger partial charge is 0.138 e. The Morgan fingerprint density at radius 3 is 2.70 bits per heavy atom. The summed E-state index contributed by atoms with van der Waals surface area (Å²) in [6, 6.07) is 14.4. The van der Waals surface area contributed by atoms with Gasteiger partial charge in [-0.25, -0.2) is 14.4 Å². The van der Waals surface area contributed by atoms with E-state index in [1.165, 1.54) is 19.2 Å². The van der Waals surface area contributed by atoms with Gasteiger partial charge in [0, 0.05) is 29.4 Å². The Bertz CT molecular complexity index is 1840. The summed E-state index contributed by atoms with van der Waals surface area (Å²) in [5, 5.41) is 11.8. The van der Waals surface area contributed by atoms with Crippen LogP contribution in [0.1, 0.15) is 12.8 Å². The Morgan fingerprint density at radius 2 is 1.82 bits per heavy atom. The standard InChI is InChI=1S/C30H26FN7O2/c1-39-21-11-17(10-19(31)13-21)23-6-9-34-30-24(23)14-27(36-30)29-28-26(37-38-29)3-2-25(35-28)18-12-22(16-33-15-18)40-20-4-7-32-8-5-20/h2-3,6,9-16,20,32H,4-5,7-8H2,1H3,(H,34,36)(H,37,38). The van der Waals surface area contributed by atoms with Gasteiger partial charge in [-0.05, 0) is 79.5 Å². The molecule has 5 aromatic heterocycles. The SMILES string of the molecule is COc1cc(F)cc(-c2ccnc3[nH]c(-c4n[nH]c5ccc(-c6cncc(OC7CCNCC7)c6)nc45)cc23)c1. The van der Waals surface area contributed by atoms with Crippen molar-refractivity contribution in [3.8, 4) is 45.3 Å². The fraction of sp³-hybridized carbons (Fsp3) is 0.200. The third-order valence-corrected chi connectivity index (χ3v) is 7.21. The lowest BCUT2D eigenvalue weighted by molar-refractivity contribution is 0.162. The van der Waals surface area contributed by atoms with E-state index < -0.39 is 0 Å². The number of pyridine rings is 3. The van der Waals surface area contributed by atoms with Gasteiger partial charge in [0.25, 0.3) is 0 Å². The van der Waals surface area contributed by atoms with Crippen molar-refractivity contribution in [1.82, 2.24) is 35.5 Å². The molecule has 40 heavy (non-hydrogen) atoms. The molecule has 1 aliphatic heterocycles. The maximum atomic E-state index is 14.3. The molecule has 0 unspecified atom stereocenters. The molecule has 0 atom stereocenters. The highest BCUT2D eigenvalue weighted by Crippen LogP contribution is 2.35. The molecule has 200 valence electrons. The maximum absolute atomic E-state index is 14.3. The van der Waals surface area contributed by atoms with Crippen molar-refractivity contribution >= 4 is 22.1 Å². The molecule has 0 spiro atoms. The predicted octanol–water partition coefficient (Wildman–Crippen LogP) is 5.51. The second-order valence-corrected chi connectivity index (χ2v) is 9.82. The van der Waals surface area contributed by atoms with Crippen molar-refractivity contribution in [3.05, 3.63) is 72.9 Å². The molecule has 6 heterocycles. The van der Waals surface area contributed by atoms with Crippen molar-refractivity contribution < 1.29 is 13.9 Å². The number of hydrogen-bond donors (Lipinski definition) is 3. The Kier molecular flexibility index (Phi) is 6.09. The molecule has 6 aromatic rings. The van der Waals surface area contributed by atoms with Crippen LogP contribution in [0.2, 0.25) is 0 Å². The van der Waals surface area contributed by atoms with Gasteiger partial charge in [0.2, 0.25) is 0 Å². The molecule has 1 saturated heterocycles. The number of nitrogens with one attached hydrogen (secondary N) is 3. The molecule has 9 nitrogen and oxygen atoms in total. The van der Waals surface area contributed by atoms with Crippen molar-refractivity contribution in [2.45, 2.75) is 18.9 Å². The summed E-state index contributed by atoms with van der Waals surface area (Å²) in [5.74, 6) is 0.817. The van der Waals surface area contributed by atoms with E-state index in [0.717, 1.165) is 65.1 Å². The molecule has 7 rings (SSSR count). The lowest BCUT2D eigenvalue weighted by Gasteiger charge is -2.23. The van der Waals surface area contributed by atoms with Crippen LogP contribution in [0.4, 0.5) is 4.39 Å². The molecule has 0 radical (unpaired) electrons. The van der Waals surface area contributed by atoms with Crippen molar-refractivity contribution in [2.75, 3.05) is 20.2 Å². The maximum Gasteiger partial charge on any atom is 0.138 e. The molecular formula is C30H26FN7O2. The zero-order valence-corrected chi connectivity index (χ0v) is 21.7.